The molecule has 0 aliphatic carbocycles. The van der Waals surface area contributed by atoms with Crippen molar-refractivity contribution in [2.24, 2.45) is 5.92 Å². The molecule has 5 nitrogen and oxygen atoms in total. The minimum absolute atomic E-state index is 0.120. The third-order valence-corrected chi connectivity index (χ3v) is 3.01. The number of anilines is 1. The van der Waals surface area contributed by atoms with E-state index in [0.717, 1.165) is 0 Å². The second-order valence-corrected chi connectivity index (χ2v) is 5.17. The minimum Gasteiger partial charge on any atom is -0.480 e. The fourth-order valence-electron chi connectivity index (χ4n) is 2.01. The lowest BCUT2D eigenvalue weighted by Gasteiger charge is -2.25. The average molecular weight is 296 g/mol. The molecule has 0 bridgehead atoms. The highest BCUT2D eigenvalue weighted by molar-refractivity contribution is 5.94. The van der Waals surface area contributed by atoms with Gasteiger partial charge in [-0.15, -0.1) is 0 Å². The number of carboxylic acid groups (broad SMARTS) is 1. The molecule has 0 spiro atoms. The lowest BCUT2D eigenvalue weighted by molar-refractivity contribution is -0.139. The number of carboxylic acids is 1. The Bertz CT molecular complexity index is 505. The third-order valence-electron chi connectivity index (χ3n) is 3.01. The Morgan fingerprint density at radius 2 is 1.95 bits per heavy atom. The maximum atomic E-state index is 13.8. The van der Waals surface area contributed by atoms with Crippen LogP contribution in [0.15, 0.2) is 24.3 Å². The van der Waals surface area contributed by atoms with Gasteiger partial charge >= 0.3 is 12.0 Å². The number of carbonyl (C=O) groups excluding carboxylic acids is 1. The van der Waals surface area contributed by atoms with E-state index in [-0.39, 0.29) is 18.2 Å². The van der Waals surface area contributed by atoms with E-state index in [1.54, 1.807) is 13.0 Å². The van der Waals surface area contributed by atoms with E-state index in [1.807, 2.05) is 13.8 Å². The summed E-state index contributed by atoms with van der Waals surface area (Å²) in [5.74, 6) is -1.50. The van der Waals surface area contributed by atoms with E-state index in [2.05, 4.69) is 5.32 Å². The highest BCUT2D eigenvalue weighted by atomic mass is 19.1. The average Bonchev–Trinajstić information content (AvgIpc) is 2.40. The molecule has 0 saturated heterocycles. The zero-order chi connectivity index (χ0) is 16.0. The van der Waals surface area contributed by atoms with Crippen molar-refractivity contribution in [3.05, 3.63) is 30.1 Å². The van der Waals surface area contributed by atoms with Gasteiger partial charge in [-0.05, 0) is 31.4 Å². The van der Waals surface area contributed by atoms with Gasteiger partial charge in [-0.3, -0.25) is 4.90 Å². The molecule has 0 heterocycles. The van der Waals surface area contributed by atoms with E-state index < -0.39 is 23.9 Å². The number of para-hydroxylation sites is 1. The van der Waals surface area contributed by atoms with Crippen molar-refractivity contribution in [3.63, 3.8) is 0 Å². The van der Waals surface area contributed by atoms with E-state index in [9.17, 15) is 14.0 Å². The SMILES string of the molecule is CCN(C(=O)N[C@H](CC(C)C)C(=O)O)c1ccccc1F. The van der Waals surface area contributed by atoms with Gasteiger partial charge in [-0.2, -0.15) is 0 Å². The van der Waals surface area contributed by atoms with Gasteiger partial charge in [0.25, 0.3) is 0 Å². The summed E-state index contributed by atoms with van der Waals surface area (Å²) < 4.78 is 13.8. The van der Waals surface area contributed by atoms with Gasteiger partial charge < -0.3 is 10.4 Å². The number of benzene rings is 1. The third kappa shape index (κ3) is 4.73. The predicted molar refractivity (Wildman–Crippen MR) is 78.8 cm³/mol. The Morgan fingerprint density at radius 1 is 1.33 bits per heavy atom. The van der Waals surface area contributed by atoms with E-state index in [1.165, 1.54) is 23.1 Å². The Kier molecular flexibility index (Phi) is 6.14. The van der Waals surface area contributed by atoms with Crippen molar-refractivity contribution in [2.45, 2.75) is 33.2 Å². The highest BCUT2D eigenvalue weighted by Gasteiger charge is 2.25. The van der Waals surface area contributed by atoms with Gasteiger partial charge in [0.15, 0.2) is 0 Å². The van der Waals surface area contributed by atoms with E-state index in [0.29, 0.717) is 6.42 Å². The number of urea groups is 1. The number of carbonyl (C=O) groups is 2. The molecule has 0 unspecified atom stereocenters. The molecule has 1 rings (SSSR count). The van der Waals surface area contributed by atoms with Crippen molar-refractivity contribution in [1.29, 1.82) is 0 Å². The van der Waals surface area contributed by atoms with Crippen molar-refractivity contribution in [3.8, 4) is 0 Å². The normalized spacial score (nSPS) is 12.0. The van der Waals surface area contributed by atoms with Crippen LogP contribution in [0.1, 0.15) is 27.2 Å². The molecule has 0 aromatic heterocycles. The van der Waals surface area contributed by atoms with Crippen LogP contribution in [-0.2, 0) is 4.79 Å². The van der Waals surface area contributed by atoms with Crippen LogP contribution in [0.25, 0.3) is 0 Å². The Morgan fingerprint density at radius 3 is 2.43 bits per heavy atom. The molecule has 1 aromatic rings. The first-order chi connectivity index (χ1) is 9.86. The molecule has 0 fully saturated rings. The lowest BCUT2D eigenvalue weighted by atomic mass is 10.0. The molecule has 0 aliphatic heterocycles. The Hall–Kier alpha value is -2.11. The van der Waals surface area contributed by atoms with Gasteiger partial charge in [-0.25, -0.2) is 14.0 Å². The fourth-order valence-corrected chi connectivity index (χ4v) is 2.01. The molecule has 0 radical (unpaired) electrons. The quantitative estimate of drug-likeness (QED) is 0.848. The summed E-state index contributed by atoms with van der Waals surface area (Å²) in [5, 5.41) is 11.6. The predicted octanol–water partition coefficient (Wildman–Crippen LogP) is 2.86. The lowest BCUT2D eigenvalue weighted by Crippen LogP contribution is -2.48. The molecular formula is C15H21FN2O3. The summed E-state index contributed by atoms with van der Waals surface area (Å²) in [4.78, 5) is 24.6. The topological polar surface area (TPSA) is 69.6 Å². The van der Waals surface area contributed by atoms with Crippen LogP contribution in [0.3, 0.4) is 0 Å². The maximum absolute atomic E-state index is 13.8. The van der Waals surface area contributed by atoms with E-state index >= 15 is 0 Å². The Labute approximate surface area is 123 Å². The Balaban J connectivity index is 2.88. The summed E-state index contributed by atoms with van der Waals surface area (Å²) in [7, 11) is 0. The van der Waals surface area contributed by atoms with E-state index in [4.69, 9.17) is 5.11 Å². The van der Waals surface area contributed by atoms with Crippen LogP contribution in [-0.4, -0.2) is 29.7 Å². The smallest absolute Gasteiger partial charge is 0.326 e. The summed E-state index contributed by atoms with van der Waals surface area (Å²) >= 11 is 0. The molecule has 2 amide bonds. The van der Waals surface area contributed by atoms with Gasteiger partial charge in [0, 0.05) is 6.54 Å². The molecule has 1 atom stereocenters. The molecule has 21 heavy (non-hydrogen) atoms. The number of hydrogen-bond donors (Lipinski definition) is 2. The molecule has 6 heteroatoms. The zero-order valence-electron chi connectivity index (χ0n) is 12.5. The van der Waals surface area contributed by atoms with Crippen LogP contribution in [0.4, 0.5) is 14.9 Å². The minimum atomic E-state index is -1.10. The van der Waals surface area contributed by atoms with Gasteiger partial charge in [0.1, 0.15) is 11.9 Å². The number of nitrogens with zero attached hydrogens (tertiary/aromatic N) is 1. The zero-order valence-corrected chi connectivity index (χ0v) is 12.5. The second-order valence-electron chi connectivity index (χ2n) is 5.17. The van der Waals surface area contributed by atoms with Crippen LogP contribution in [0.5, 0.6) is 0 Å². The molecular weight excluding hydrogens is 275 g/mol. The van der Waals surface area contributed by atoms with Crippen LogP contribution in [0, 0.1) is 11.7 Å². The molecule has 116 valence electrons. The maximum Gasteiger partial charge on any atom is 0.326 e. The van der Waals surface area contributed by atoms with Crippen LogP contribution in [0.2, 0.25) is 0 Å². The largest absolute Gasteiger partial charge is 0.480 e. The molecule has 0 saturated carbocycles. The number of amides is 2. The van der Waals surface area contributed by atoms with Gasteiger partial charge in [0.05, 0.1) is 5.69 Å². The standard InChI is InChI=1S/C15H21FN2O3/c1-4-18(13-8-6-5-7-11(13)16)15(21)17-12(14(19)20)9-10(2)3/h5-8,10,12H,4,9H2,1-3H3,(H,17,21)(H,19,20)/t12-/m1/s1. The second kappa shape index (κ2) is 7.61. The number of hydrogen-bond acceptors (Lipinski definition) is 2. The summed E-state index contributed by atoms with van der Waals surface area (Å²) in [6, 6.07) is 4.29. The van der Waals surface area contributed by atoms with Gasteiger partial charge in [0.2, 0.25) is 0 Å². The van der Waals surface area contributed by atoms with Gasteiger partial charge in [-0.1, -0.05) is 26.0 Å². The number of rotatable bonds is 6. The fraction of sp³-hybridized carbons (Fsp3) is 0.467. The number of halogens is 1. The summed E-state index contributed by atoms with van der Waals surface area (Å²) in [6.45, 7) is 5.68. The van der Waals surface area contributed by atoms with Crippen molar-refractivity contribution >= 4 is 17.7 Å². The number of aliphatic carboxylic acids is 1. The molecule has 0 aliphatic rings. The van der Waals surface area contributed by atoms with Crippen molar-refractivity contribution in [1.82, 2.24) is 5.32 Å². The summed E-state index contributed by atoms with van der Waals surface area (Å²) in [6.07, 6.45) is 0.315. The van der Waals surface area contributed by atoms with Crippen LogP contribution < -0.4 is 10.2 Å². The number of nitrogens with one attached hydrogen (secondary N) is 1. The molecule has 2 N–H and O–H groups in total. The molecule has 1 aromatic carbocycles. The summed E-state index contributed by atoms with van der Waals surface area (Å²) in [5.41, 5.74) is 0.131. The highest BCUT2D eigenvalue weighted by Crippen LogP contribution is 2.18. The first-order valence-corrected chi connectivity index (χ1v) is 6.92. The van der Waals surface area contributed by atoms with Crippen molar-refractivity contribution < 1.29 is 19.1 Å². The van der Waals surface area contributed by atoms with Crippen LogP contribution >= 0.6 is 0 Å². The monoisotopic (exact) mass is 296 g/mol. The first kappa shape index (κ1) is 16.9. The van der Waals surface area contributed by atoms with Crippen molar-refractivity contribution in [2.75, 3.05) is 11.4 Å². The first-order valence-electron chi connectivity index (χ1n) is 6.92.